The van der Waals surface area contributed by atoms with Crippen LogP contribution in [0, 0.1) is 0 Å². The molecule has 1 aliphatic rings. The van der Waals surface area contributed by atoms with Gasteiger partial charge >= 0.3 is 0 Å². The van der Waals surface area contributed by atoms with Gasteiger partial charge in [-0.3, -0.25) is 9.69 Å². The van der Waals surface area contributed by atoms with Crippen molar-refractivity contribution in [3.8, 4) is 0 Å². The van der Waals surface area contributed by atoms with Gasteiger partial charge in [0, 0.05) is 6.42 Å². The maximum absolute atomic E-state index is 12.7. The minimum absolute atomic E-state index is 0.208. The molecule has 1 fully saturated rings. The molecule has 0 unspecified atom stereocenters. The summed E-state index contributed by atoms with van der Waals surface area (Å²) in [4.78, 5) is 15.1. The number of hydrogen-bond acceptors (Lipinski definition) is 3. The Morgan fingerprint density at radius 3 is 2.50 bits per heavy atom. The Kier molecular flexibility index (Phi) is 4.23. The second-order valence-electron chi connectivity index (χ2n) is 5.14. The van der Waals surface area contributed by atoms with Gasteiger partial charge in [-0.15, -0.1) is 0 Å². The molecule has 1 aromatic rings. The molecule has 3 heteroatoms. The molecule has 0 bridgehead atoms. The lowest BCUT2D eigenvalue weighted by Crippen LogP contribution is -2.53. The quantitative estimate of drug-likeness (QED) is 0.777. The van der Waals surface area contributed by atoms with E-state index in [0.717, 1.165) is 31.5 Å². The van der Waals surface area contributed by atoms with Crippen molar-refractivity contribution in [1.82, 2.24) is 4.90 Å². The fourth-order valence-corrected chi connectivity index (χ4v) is 3.30. The van der Waals surface area contributed by atoms with Crippen LogP contribution in [0.3, 0.4) is 0 Å². The summed E-state index contributed by atoms with van der Waals surface area (Å²) in [7, 11) is 0. The second-order valence-corrected chi connectivity index (χ2v) is 5.14. The van der Waals surface area contributed by atoms with Gasteiger partial charge in [-0.25, -0.2) is 0 Å². The molecule has 0 aromatic carbocycles. The van der Waals surface area contributed by atoms with E-state index < -0.39 is 0 Å². The number of likely N-dealkylation sites (N-methyl/N-ethyl adjacent to an activating group) is 1. The van der Waals surface area contributed by atoms with E-state index in [-0.39, 0.29) is 5.54 Å². The minimum atomic E-state index is -0.208. The van der Waals surface area contributed by atoms with Gasteiger partial charge in [0.2, 0.25) is 0 Å². The molecule has 1 aliphatic carbocycles. The first-order valence-corrected chi connectivity index (χ1v) is 7.02. The predicted octanol–water partition coefficient (Wildman–Crippen LogP) is 3.05. The van der Waals surface area contributed by atoms with Crippen molar-refractivity contribution in [3.05, 3.63) is 24.2 Å². The van der Waals surface area contributed by atoms with Gasteiger partial charge in [-0.05, 0) is 37.6 Å². The highest BCUT2D eigenvalue weighted by atomic mass is 16.3. The molecule has 0 N–H and O–H groups in total. The Morgan fingerprint density at radius 1 is 1.33 bits per heavy atom. The van der Waals surface area contributed by atoms with Gasteiger partial charge in [0.1, 0.15) is 0 Å². The van der Waals surface area contributed by atoms with E-state index in [2.05, 4.69) is 18.7 Å². The molecule has 0 aliphatic heterocycles. The maximum atomic E-state index is 12.7. The fraction of sp³-hybridized carbons (Fsp3) is 0.667. The molecule has 1 aromatic heterocycles. The average molecular weight is 249 g/mol. The van der Waals surface area contributed by atoms with Gasteiger partial charge < -0.3 is 4.42 Å². The Morgan fingerprint density at radius 2 is 2.00 bits per heavy atom. The molecule has 3 nitrogen and oxygen atoms in total. The van der Waals surface area contributed by atoms with Crippen LogP contribution in [0.15, 0.2) is 23.0 Å². The molecule has 0 saturated heterocycles. The summed E-state index contributed by atoms with van der Waals surface area (Å²) in [6.07, 6.45) is 8.22. The fourth-order valence-electron chi connectivity index (χ4n) is 3.30. The number of nitrogens with zero attached hydrogens (tertiary/aromatic N) is 1. The number of ketones is 1. The van der Waals surface area contributed by atoms with Gasteiger partial charge in [-0.1, -0.05) is 26.7 Å². The third kappa shape index (κ3) is 2.37. The number of furan rings is 1. The molecule has 0 amide bonds. The molecule has 2 rings (SSSR count). The van der Waals surface area contributed by atoms with Gasteiger partial charge in [0.25, 0.3) is 0 Å². The van der Waals surface area contributed by atoms with Crippen LogP contribution in [0.25, 0.3) is 0 Å². The highest BCUT2D eigenvalue weighted by Gasteiger charge is 2.44. The SMILES string of the molecule is CCN(CC)C1(C(=O)Cc2ccoc2)CCCC1. The van der Waals surface area contributed by atoms with Crippen LogP contribution in [0.5, 0.6) is 0 Å². The molecule has 1 heterocycles. The van der Waals surface area contributed by atoms with Crippen LogP contribution in [0.1, 0.15) is 45.1 Å². The van der Waals surface area contributed by atoms with Crippen LogP contribution >= 0.6 is 0 Å². The molecule has 0 spiro atoms. The zero-order valence-corrected chi connectivity index (χ0v) is 11.4. The number of hydrogen-bond donors (Lipinski definition) is 0. The van der Waals surface area contributed by atoms with E-state index >= 15 is 0 Å². The number of carbonyl (C=O) groups excluding carboxylic acids is 1. The summed E-state index contributed by atoms with van der Waals surface area (Å²) in [6.45, 7) is 6.20. The van der Waals surface area contributed by atoms with Crippen LogP contribution < -0.4 is 0 Å². The van der Waals surface area contributed by atoms with E-state index in [4.69, 9.17) is 4.42 Å². The maximum Gasteiger partial charge on any atom is 0.157 e. The highest BCUT2D eigenvalue weighted by molar-refractivity contribution is 5.90. The second kappa shape index (κ2) is 5.70. The third-order valence-electron chi connectivity index (χ3n) is 4.26. The van der Waals surface area contributed by atoms with Gasteiger partial charge in [0.05, 0.1) is 18.1 Å². The monoisotopic (exact) mass is 249 g/mol. The van der Waals surface area contributed by atoms with Crippen molar-refractivity contribution < 1.29 is 9.21 Å². The van der Waals surface area contributed by atoms with Crippen molar-refractivity contribution in [3.63, 3.8) is 0 Å². The van der Waals surface area contributed by atoms with Crippen molar-refractivity contribution in [2.75, 3.05) is 13.1 Å². The molecule has 0 atom stereocenters. The number of Topliss-reactive ketones (excluding diaryl/α,β-unsaturated/α-hetero) is 1. The number of rotatable bonds is 6. The molecule has 18 heavy (non-hydrogen) atoms. The summed E-state index contributed by atoms with van der Waals surface area (Å²) in [6, 6.07) is 1.89. The lowest BCUT2D eigenvalue weighted by molar-refractivity contribution is -0.130. The van der Waals surface area contributed by atoms with Gasteiger partial charge in [0.15, 0.2) is 5.78 Å². The molecular weight excluding hydrogens is 226 g/mol. The Balaban J connectivity index is 2.16. The first-order valence-electron chi connectivity index (χ1n) is 7.02. The van der Waals surface area contributed by atoms with Crippen molar-refractivity contribution >= 4 is 5.78 Å². The Bertz CT molecular complexity index is 373. The average Bonchev–Trinajstić information content (AvgIpc) is 3.02. The Hall–Kier alpha value is -1.09. The van der Waals surface area contributed by atoms with Crippen molar-refractivity contribution in [1.29, 1.82) is 0 Å². The van der Waals surface area contributed by atoms with Crippen LogP contribution in [-0.2, 0) is 11.2 Å². The predicted molar refractivity (Wildman–Crippen MR) is 71.5 cm³/mol. The zero-order chi connectivity index (χ0) is 13.0. The highest BCUT2D eigenvalue weighted by Crippen LogP contribution is 2.36. The summed E-state index contributed by atoms with van der Waals surface area (Å²) in [5, 5.41) is 0. The van der Waals surface area contributed by atoms with E-state index in [9.17, 15) is 4.79 Å². The summed E-state index contributed by atoms with van der Waals surface area (Å²) in [5.74, 6) is 0.366. The normalized spacial score (nSPS) is 18.4. The lowest BCUT2D eigenvalue weighted by Gasteiger charge is -2.39. The standard InChI is InChI=1S/C15H23NO2/c1-3-16(4-2)15(8-5-6-9-15)14(17)11-13-7-10-18-12-13/h7,10,12H,3-6,8-9,11H2,1-2H3. The van der Waals surface area contributed by atoms with Crippen molar-refractivity contribution in [2.24, 2.45) is 0 Å². The van der Waals surface area contributed by atoms with Gasteiger partial charge in [-0.2, -0.15) is 0 Å². The van der Waals surface area contributed by atoms with E-state index in [1.54, 1.807) is 12.5 Å². The summed E-state index contributed by atoms with van der Waals surface area (Å²) in [5.41, 5.74) is 0.791. The smallest absolute Gasteiger partial charge is 0.157 e. The molecule has 0 radical (unpaired) electrons. The molecule has 1 saturated carbocycles. The molecule has 100 valence electrons. The molecular formula is C15H23NO2. The summed E-state index contributed by atoms with van der Waals surface area (Å²) >= 11 is 0. The van der Waals surface area contributed by atoms with Crippen LogP contribution in [0.4, 0.5) is 0 Å². The lowest BCUT2D eigenvalue weighted by atomic mass is 9.86. The topological polar surface area (TPSA) is 33.5 Å². The van der Waals surface area contributed by atoms with E-state index in [1.807, 2.05) is 6.07 Å². The van der Waals surface area contributed by atoms with Crippen LogP contribution in [0.2, 0.25) is 0 Å². The zero-order valence-electron chi connectivity index (χ0n) is 11.4. The summed E-state index contributed by atoms with van der Waals surface area (Å²) < 4.78 is 5.06. The third-order valence-corrected chi connectivity index (χ3v) is 4.26. The first kappa shape index (κ1) is 13.3. The number of carbonyl (C=O) groups is 1. The largest absolute Gasteiger partial charge is 0.472 e. The Labute approximate surface area is 109 Å². The minimum Gasteiger partial charge on any atom is -0.472 e. The van der Waals surface area contributed by atoms with Crippen LogP contribution in [-0.4, -0.2) is 29.3 Å². The van der Waals surface area contributed by atoms with Crippen molar-refractivity contribution in [2.45, 2.75) is 51.5 Å². The first-order chi connectivity index (χ1) is 8.73. The van der Waals surface area contributed by atoms with E-state index in [0.29, 0.717) is 12.2 Å². The van der Waals surface area contributed by atoms with E-state index in [1.165, 1.54) is 12.8 Å².